The van der Waals surface area contributed by atoms with Crippen LogP contribution in [0.25, 0.3) is 0 Å². The van der Waals surface area contributed by atoms with Crippen LogP contribution in [0.15, 0.2) is 12.2 Å². The van der Waals surface area contributed by atoms with E-state index in [0.29, 0.717) is 12.0 Å². The molecular weight excluding hydrogens is 148 g/mol. The Labute approximate surface area is 64.3 Å². The summed E-state index contributed by atoms with van der Waals surface area (Å²) in [6.45, 7) is 3.45. The van der Waals surface area contributed by atoms with E-state index in [9.17, 15) is 4.79 Å². The van der Waals surface area contributed by atoms with Crippen molar-refractivity contribution in [3.8, 4) is 0 Å². The summed E-state index contributed by atoms with van der Waals surface area (Å²) in [6.07, 6.45) is 1.63. The first-order valence-electron chi connectivity index (χ1n) is 3.23. The highest BCUT2D eigenvalue weighted by Crippen LogP contribution is 2.34. The van der Waals surface area contributed by atoms with Gasteiger partial charge in [-0.2, -0.15) is 11.8 Å². The van der Waals surface area contributed by atoms with E-state index in [1.54, 1.807) is 0 Å². The van der Waals surface area contributed by atoms with Crippen LogP contribution in [0, 0.1) is 0 Å². The van der Waals surface area contributed by atoms with Crippen molar-refractivity contribution in [1.29, 1.82) is 0 Å². The quantitative estimate of drug-likeness (QED) is 0.498. The minimum atomic E-state index is -0.856. The normalized spacial score (nSPS) is 22.2. The van der Waals surface area contributed by atoms with Crippen molar-refractivity contribution >= 4 is 17.7 Å². The largest absolute Gasteiger partial charge is 0.478 e. The fourth-order valence-electron chi connectivity index (χ4n) is 0.677. The van der Waals surface area contributed by atoms with Crippen LogP contribution in [-0.2, 0) is 4.79 Å². The van der Waals surface area contributed by atoms with E-state index in [1.165, 1.54) is 5.75 Å². The minimum absolute atomic E-state index is 0.340. The molecule has 0 bridgehead atoms. The van der Waals surface area contributed by atoms with Crippen LogP contribution in [0.2, 0.25) is 0 Å². The highest BCUT2D eigenvalue weighted by molar-refractivity contribution is 8.06. The van der Waals surface area contributed by atoms with Crippen LogP contribution >= 0.6 is 11.8 Å². The Balaban J connectivity index is 2.11. The summed E-state index contributed by atoms with van der Waals surface area (Å²) in [5.74, 6) is 0.345. The van der Waals surface area contributed by atoms with Gasteiger partial charge in [0.2, 0.25) is 0 Å². The molecule has 3 heteroatoms. The Morgan fingerprint density at radius 1 is 1.80 bits per heavy atom. The van der Waals surface area contributed by atoms with Crippen LogP contribution in [-0.4, -0.2) is 22.1 Å². The lowest BCUT2D eigenvalue weighted by atomic mass is 10.1. The second-order valence-electron chi connectivity index (χ2n) is 2.40. The van der Waals surface area contributed by atoms with Gasteiger partial charge >= 0.3 is 5.97 Å². The highest BCUT2D eigenvalue weighted by Gasteiger charge is 2.22. The summed E-state index contributed by atoms with van der Waals surface area (Å²) in [7, 11) is 0. The highest BCUT2D eigenvalue weighted by atomic mass is 32.2. The summed E-state index contributed by atoms with van der Waals surface area (Å²) in [6, 6.07) is 0. The topological polar surface area (TPSA) is 37.3 Å². The van der Waals surface area contributed by atoms with Crippen molar-refractivity contribution in [2.24, 2.45) is 0 Å². The van der Waals surface area contributed by atoms with Crippen molar-refractivity contribution in [2.75, 3.05) is 5.75 Å². The van der Waals surface area contributed by atoms with Crippen LogP contribution in [0.5, 0.6) is 0 Å². The molecule has 1 atom stereocenters. The number of hydrogen-bond donors (Lipinski definition) is 1. The molecule has 1 saturated heterocycles. The van der Waals surface area contributed by atoms with E-state index in [4.69, 9.17) is 5.11 Å². The van der Waals surface area contributed by atoms with E-state index in [0.717, 1.165) is 11.7 Å². The van der Waals surface area contributed by atoms with Gasteiger partial charge in [0.15, 0.2) is 0 Å². The van der Waals surface area contributed by atoms with Crippen molar-refractivity contribution in [3.63, 3.8) is 0 Å². The smallest absolute Gasteiger partial charge is 0.330 e. The summed E-state index contributed by atoms with van der Waals surface area (Å²) in [5, 5.41) is 9.13. The van der Waals surface area contributed by atoms with Gasteiger partial charge in [0.05, 0.1) is 0 Å². The van der Waals surface area contributed by atoms with E-state index in [-0.39, 0.29) is 0 Å². The molecule has 0 aromatic carbocycles. The Kier molecular flexibility index (Phi) is 2.38. The summed E-state index contributed by atoms with van der Waals surface area (Å²) in [5.41, 5.74) is 0.340. The predicted molar refractivity (Wildman–Crippen MR) is 42.3 cm³/mol. The molecule has 0 aromatic rings. The van der Waals surface area contributed by atoms with Crippen molar-refractivity contribution in [1.82, 2.24) is 0 Å². The van der Waals surface area contributed by atoms with Crippen LogP contribution in [0.4, 0.5) is 0 Å². The van der Waals surface area contributed by atoms with Gasteiger partial charge in [-0.15, -0.1) is 0 Å². The average molecular weight is 158 g/mol. The zero-order valence-electron chi connectivity index (χ0n) is 5.67. The molecule has 1 N–H and O–H groups in total. The number of thioether (sulfide) groups is 1. The lowest BCUT2D eigenvalue weighted by Gasteiger charge is -1.95. The molecule has 1 aliphatic heterocycles. The van der Waals surface area contributed by atoms with Crippen LogP contribution < -0.4 is 0 Å². The summed E-state index contributed by atoms with van der Waals surface area (Å²) >= 11 is 1.89. The van der Waals surface area contributed by atoms with Gasteiger partial charge in [-0.3, -0.25) is 0 Å². The van der Waals surface area contributed by atoms with Gasteiger partial charge in [-0.1, -0.05) is 6.58 Å². The monoisotopic (exact) mass is 158 g/mol. The first-order valence-corrected chi connectivity index (χ1v) is 4.27. The fraction of sp³-hybridized carbons (Fsp3) is 0.571. The Bertz CT molecular complexity index is 161. The Morgan fingerprint density at radius 2 is 2.40 bits per heavy atom. The molecule has 0 saturated carbocycles. The zero-order valence-corrected chi connectivity index (χ0v) is 6.49. The van der Waals surface area contributed by atoms with Gasteiger partial charge in [-0.05, 0) is 12.8 Å². The molecule has 10 heavy (non-hydrogen) atoms. The third-order valence-electron chi connectivity index (χ3n) is 1.47. The second-order valence-corrected chi connectivity index (χ2v) is 3.74. The van der Waals surface area contributed by atoms with Gasteiger partial charge in [0.1, 0.15) is 0 Å². The lowest BCUT2D eigenvalue weighted by Crippen LogP contribution is -1.99. The zero-order chi connectivity index (χ0) is 7.56. The maximum Gasteiger partial charge on any atom is 0.330 e. The van der Waals surface area contributed by atoms with E-state index < -0.39 is 5.97 Å². The average Bonchev–Trinajstić information content (AvgIpc) is 2.64. The third-order valence-corrected chi connectivity index (χ3v) is 2.51. The molecule has 1 aliphatic rings. The molecule has 1 heterocycles. The maximum absolute atomic E-state index is 10.2. The summed E-state index contributed by atoms with van der Waals surface area (Å²) in [4.78, 5) is 10.2. The Hall–Kier alpha value is -0.440. The van der Waals surface area contributed by atoms with Gasteiger partial charge in [0, 0.05) is 16.6 Å². The molecule has 0 amide bonds. The van der Waals surface area contributed by atoms with Crippen molar-refractivity contribution in [3.05, 3.63) is 12.2 Å². The number of carbonyl (C=O) groups is 1. The molecule has 56 valence electrons. The van der Waals surface area contributed by atoms with E-state index in [1.807, 2.05) is 11.8 Å². The van der Waals surface area contributed by atoms with Crippen LogP contribution in [0.3, 0.4) is 0 Å². The number of carboxylic acid groups (broad SMARTS) is 1. The van der Waals surface area contributed by atoms with Crippen molar-refractivity contribution < 1.29 is 9.90 Å². The SMILES string of the molecule is C=C(CCC1CS1)C(=O)O. The maximum atomic E-state index is 10.2. The van der Waals surface area contributed by atoms with E-state index in [2.05, 4.69) is 6.58 Å². The van der Waals surface area contributed by atoms with Gasteiger partial charge in [-0.25, -0.2) is 4.79 Å². The first kappa shape index (κ1) is 7.66. The molecular formula is C7H10O2S. The number of rotatable bonds is 4. The van der Waals surface area contributed by atoms with E-state index >= 15 is 0 Å². The predicted octanol–water partition coefficient (Wildman–Crippen LogP) is 1.52. The second kappa shape index (κ2) is 3.10. The number of hydrogen-bond acceptors (Lipinski definition) is 2. The molecule has 1 unspecified atom stereocenters. The molecule has 0 radical (unpaired) electrons. The first-order chi connectivity index (χ1) is 4.70. The summed E-state index contributed by atoms with van der Waals surface area (Å²) < 4.78 is 0. The standard InChI is InChI=1S/C7H10O2S/c1-5(7(8)9)2-3-6-4-10-6/h6H,1-4H2,(H,8,9). The molecule has 0 spiro atoms. The number of carboxylic acids is 1. The molecule has 0 aromatic heterocycles. The number of aliphatic carboxylic acids is 1. The molecule has 2 nitrogen and oxygen atoms in total. The minimum Gasteiger partial charge on any atom is -0.478 e. The molecule has 1 rings (SSSR count). The van der Waals surface area contributed by atoms with Gasteiger partial charge < -0.3 is 5.11 Å². The fourth-order valence-corrected chi connectivity index (χ4v) is 1.26. The Morgan fingerprint density at radius 3 is 2.80 bits per heavy atom. The van der Waals surface area contributed by atoms with Crippen LogP contribution in [0.1, 0.15) is 12.8 Å². The lowest BCUT2D eigenvalue weighted by molar-refractivity contribution is -0.132. The van der Waals surface area contributed by atoms with Gasteiger partial charge in [0.25, 0.3) is 0 Å². The third kappa shape index (κ3) is 2.43. The molecule has 0 aliphatic carbocycles. The molecule has 1 fully saturated rings. The van der Waals surface area contributed by atoms with Crippen molar-refractivity contribution in [2.45, 2.75) is 18.1 Å².